The number of pyridine rings is 1. The number of piperidine rings is 1. The number of rotatable bonds is 1. The number of aryl methyl sites for hydroxylation is 1. The standard InChI is InChI=1S/C11H14F2N2/c1-9-3-2-4-10(14-9)15-7-5-11(12,13)6-8-15/h2-4H,5-8H2,1H3. The van der Waals surface area contributed by atoms with Gasteiger partial charge in [0.2, 0.25) is 0 Å². The van der Waals surface area contributed by atoms with E-state index >= 15 is 0 Å². The van der Waals surface area contributed by atoms with Gasteiger partial charge in [-0.2, -0.15) is 0 Å². The Hall–Kier alpha value is -1.19. The van der Waals surface area contributed by atoms with Crippen molar-refractivity contribution in [2.75, 3.05) is 18.0 Å². The van der Waals surface area contributed by atoms with Crippen LogP contribution in [0, 0.1) is 6.92 Å². The third kappa shape index (κ3) is 2.43. The first-order valence-corrected chi connectivity index (χ1v) is 5.13. The molecule has 15 heavy (non-hydrogen) atoms. The van der Waals surface area contributed by atoms with Gasteiger partial charge in [0.25, 0.3) is 5.92 Å². The zero-order chi connectivity index (χ0) is 10.9. The summed E-state index contributed by atoms with van der Waals surface area (Å²) in [6.07, 6.45) is -0.134. The van der Waals surface area contributed by atoms with Gasteiger partial charge in [0, 0.05) is 31.6 Å². The van der Waals surface area contributed by atoms with Crippen molar-refractivity contribution in [3.63, 3.8) is 0 Å². The summed E-state index contributed by atoms with van der Waals surface area (Å²) in [7, 11) is 0. The first kappa shape index (κ1) is 10.3. The maximum absolute atomic E-state index is 12.9. The van der Waals surface area contributed by atoms with Crippen molar-refractivity contribution in [1.29, 1.82) is 0 Å². The smallest absolute Gasteiger partial charge is 0.251 e. The van der Waals surface area contributed by atoms with Crippen molar-refractivity contribution in [3.05, 3.63) is 23.9 Å². The fourth-order valence-corrected chi connectivity index (χ4v) is 1.77. The van der Waals surface area contributed by atoms with Crippen molar-refractivity contribution in [2.45, 2.75) is 25.7 Å². The molecule has 0 bridgehead atoms. The highest BCUT2D eigenvalue weighted by Gasteiger charge is 2.34. The first-order valence-electron chi connectivity index (χ1n) is 5.13. The van der Waals surface area contributed by atoms with Crippen LogP contribution in [0.1, 0.15) is 18.5 Å². The van der Waals surface area contributed by atoms with Crippen LogP contribution < -0.4 is 4.90 Å². The highest BCUT2D eigenvalue weighted by atomic mass is 19.3. The summed E-state index contributed by atoms with van der Waals surface area (Å²) in [6.45, 7) is 2.69. The van der Waals surface area contributed by atoms with E-state index in [-0.39, 0.29) is 12.8 Å². The minimum atomic E-state index is -2.49. The van der Waals surface area contributed by atoms with Crippen molar-refractivity contribution >= 4 is 5.82 Å². The van der Waals surface area contributed by atoms with E-state index in [1.54, 1.807) is 0 Å². The molecule has 4 heteroatoms. The fourth-order valence-electron chi connectivity index (χ4n) is 1.77. The number of alkyl halides is 2. The molecule has 1 fully saturated rings. The molecule has 0 amide bonds. The van der Waals surface area contributed by atoms with E-state index < -0.39 is 5.92 Å². The highest BCUT2D eigenvalue weighted by molar-refractivity contribution is 5.39. The predicted molar refractivity (Wildman–Crippen MR) is 55.4 cm³/mol. The third-order valence-corrected chi connectivity index (χ3v) is 2.69. The first-order chi connectivity index (χ1) is 7.07. The Morgan fingerprint density at radius 3 is 2.53 bits per heavy atom. The van der Waals surface area contributed by atoms with E-state index in [0.717, 1.165) is 11.5 Å². The summed E-state index contributed by atoms with van der Waals surface area (Å²) in [5.41, 5.74) is 0.921. The predicted octanol–water partition coefficient (Wildman–Crippen LogP) is 2.63. The van der Waals surface area contributed by atoms with Crippen molar-refractivity contribution in [2.24, 2.45) is 0 Å². The molecule has 0 radical (unpaired) electrons. The topological polar surface area (TPSA) is 16.1 Å². The Morgan fingerprint density at radius 2 is 1.93 bits per heavy atom. The Morgan fingerprint density at radius 1 is 1.27 bits per heavy atom. The molecule has 2 heterocycles. The van der Waals surface area contributed by atoms with Gasteiger partial charge in [-0.05, 0) is 19.1 Å². The lowest BCUT2D eigenvalue weighted by Crippen LogP contribution is -2.39. The Kier molecular flexibility index (Phi) is 2.59. The maximum atomic E-state index is 12.9. The molecule has 2 rings (SSSR count). The highest BCUT2D eigenvalue weighted by Crippen LogP contribution is 2.29. The molecule has 1 aliphatic rings. The average molecular weight is 212 g/mol. The molecule has 82 valence electrons. The largest absolute Gasteiger partial charge is 0.356 e. The van der Waals surface area contributed by atoms with Crippen LogP contribution in [0.5, 0.6) is 0 Å². The second-order valence-corrected chi connectivity index (χ2v) is 3.98. The third-order valence-electron chi connectivity index (χ3n) is 2.69. The maximum Gasteiger partial charge on any atom is 0.251 e. The second kappa shape index (κ2) is 3.76. The number of hydrogen-bond donors (Lipinski definition) is 0. The van der Waals surface area contributed by atoms with E-state index in [1.807, 2.05) is 30.0 Å². The summed E-state index contributed by atoms with van der Waals surface area (Å²) in [5, 5.41) is 0. The molecule has 0 atom stereocenters. The molecule has 2 nitrogen and oxygen atoms in total. The molecule has 0 aromatic carbocycles. The van der Waals surface area contributed by atoms with Crippen LogP contribution >= 0.6 is 0 Å². The van der Waals surface area contributed by atoms with Crippen LogP contribution in [0.2, 0.25) is 0 Å². The molecule has 0 unspecified atom stereocenters. The normalized spacial score (nSPS) is 20.3. The van der Waals surface area contributed by atoms with Crippen LogP contribution in [0.4, 0.5) is 14.6 Å². The minimum absolute atomic E-state index is 0.0668. The van der Waals surface area contributed by atoms with E-state index in [9.17, 15) is 8.78 Å². The summed E-state index contributed by atoms with van der Waals surface area (Å²) >= 11 is 0. The van der Waals surface area contributed by atoms with Gasteiger partial charge in [0.15, 0.2) is 0 Å². The van der Waals surface area contributed by atoms with Crippen LogP contribution in [0.3, 0.4) is 0 Å². The van der Waals surface area contributed by atoms with Crippen LogP contribution in [0.25, 0.3) is 0 Å². The van der Waals surface area contributed by atoms with Crippen LogP contribution in [-0.2, 0) is 0 Å². The van der Waals surface area contributed by atoms with Crippen molar-refractivity contribution < 1.29 is 8.78 Å². The lowest BCUT2D eigenvalue weighted by molar-refractivity contribution is -0.0221. The molecule has 0 spiro atoms. The minimum Gasteiger partial charge on any atom is -0.356 e. The van der Waals surface area contributed by atoms with E-state index in [4.69, 9.17) is 0 Å². The zero-order valence-electron chi connectivity index (χ0n) is 8.71. The summed E-state index contributed by atoms with van der Waals surface area (Å²) < 4.78 is 25.9. The van der Waals surface area contributed by atoms with Gasteiger partial charge in [0.1, 0.15) is 5.82 Å². The molecule has 1 saturated heterocycles. The van der Waals surface area contributed by atoms with Crippen LogP contribution in [-0.4, -0.2) is 24.0 Å². The fraction of sp³-hybridized carbons (Fsp3) is 0.545. The number of anilines is 1. The van der Waals surface area contributed by atoms with Gasteiger partial charge in [-0.15, -0.1) is 0 Å². The van der Waals surface area contributed by atoms with Gasteiger partial charge >= 0.3 is 0 Å². The number of hydrogen-bond acceptors (Lipinski definition) is 2. The van der Waals surface area contributed by atoms with Gasteiger partial charge in [-0.1, -0.05) is 6.07 Å². The average Bonchev–Trinajstić information content (AvgIpc) is 2.17. The van der Waals surface area contributed by atoms with E-state index in [1.165, 1.54) is 0 Å². The molecule has 0 N–H and O–H groups in total. The van der Waals surface area contributed by atoms with Gasteiger partial charge < -0.3 is 4.90 Å². The molecule has 1 aromatic heterocycles. The SMILES string of the molecule is Cc1cccc(N2CCC(F)(F)CC2)n1. The summed E-state index contributed by atoms with van der Waals surface area (Å²) in [5.74, 6) is -1.68. The quantitative estimate of drug-likeness (QED) is 0.711. The number of nitrogens with zero attached hydrogens (tertiary/aromatic N) is 2. The van der Waals surface area contributed by atoms with Gasteiger partial charge in [-0.25, -0.2) is 13.8 Å². The molecule has 1 aromatic rings. The van der Waals surface area contributed by atoms with Gasteiger partial charge in [0.05, 0.1) is 0 Å². The van der Waals surface area contributed by atoms with Crippen LogP contribution in [0.15, 0.2) is 18.2 Å². The number of aromatic nitrogens is 1. The Labute approximate surface area is 87.9 Å². The molecular weight excluding hydrogens is 198 g/mol. The molecule has 1 aliphatic heterocycles. The summed E-state index contributed by atoms with van der Waals surface area (Å²) in [4.78, 5) is 6.25. The van der Waals surface area contributed by atoms with Crippen molar-refractivity contribution in [3.8, 4) is 0 Å². The zero-order valence-corrected chi connectivity index (χ0v) is 8.71. The lowest BCUT2D eigenvalue weighted by Gasteiger charge is -2.32. The Balaban J connectivity index is 2.08. The summed E-state index contributed by atoms with van der Waals surface area (Å²) in [6, 6.07) is 5.68. The second-order valence-electron chi connectivity index (χ2n) is 3.98. The van der Waals surface area contributed by atoms with Gasteiger partial charge in [-0.3, -0.25) is 0 Å². The van der Waals surface area contributed by atoms with E-state index in [2.05, 4.69) is 4.98 Å². The molecular formula is C11H14F2N2. The molecule has 0 aliphatic carbocycles. The monoisotopic (exact) mass is 212 g/mol. The van der Waals surface area contributed by atoms with E-state index in [0.29, 0.717) is 13.1 Å². The number of halogens is 2. The molecule has 0 saturated carbocycles. The lowest BCUT2D eigenvalue weighted by atomic mass is 10.1. The van der Waals surface area contributed by atoms with Crippen molar-refractivity contribution in [1.82, 2.24) is 4.98 Å². The Bertz CT molecular complexity index is 342.